The van der Waals surface area contributed by atoms with Crippen LogP contribution in [0.15, 0.2) is 30.6 Å². The largest absolute Gasteiger partial charge is 0.332 e. The van der Waals surface area contributed by atoms with Gasteiger partial charge in [0.1, 0.15) is 5.82 Å². The molecule has 1 aromatic heterocycles. The number of nitrogens with zero attached hydrogens (tertiary/aromatic N) is 3. The Kier molecular flexibility index (Phi) is 7.42. The highest BCUT2D eigenvalue weighted by atomic mass is 35.5. The van der Waals surface area contributed by atoms with Gasteiger partial charge in [0, 0.05) is 34.9 Å². The molecule has 152 valence electrons. The fraction of sp³-hybridized carbons (Fsp3) is 0.545. The molecule has 0 bridgehead atoms. The number of hydrogen-bond donors (Lipinski definition) is 0. The molecule has 0 aliphatic heterocycles. The molecule has 3 rings (SSSR count). The molecule has 28 heavy (non-hydrogen) atoms. The molecule has 1 amide bonds. The lowest BCUT2D eigenvalue weighted by molar-refractivity contribution is -0.135. The van der Waals surface area contributed by atoms with E-state index in [4.69, 9.17) is 23.2 Å². The van der Waals surface area contributed by atoms with Crippen molar-refractivity contribution in [3.05, 3.63) is 52.0 Å². The maximum absolute atomic E-state index is 13.0. The summed E-state index contributed by atoms with van der Waals surface area (Å²) in [6.45, 7) is 5.36. The van der Waals surface area contributed by atoms with Crippen molar-refractivity contribution in [1.82, 2.24) is 14.5 Å². The van der Waals surface area contributed by atoms with Crippen LogP contribution in [0.1, 0.15) is 63.8 Å². The van der Waals surface area contributed by atoms with Crippen molar-refractivity contribution in [1.29, 1.82) is 0 Å². The van der Waals surface area contributed by atoms with Gasteiger partial charge in [0.25, 0.3) is 0 Å². The summed E-state index contributed by atoms with van der Waals surface area (Å²) in [4.78, 5) is 19.6. The smallest absolute Gasteiger partial charge is 0.223 e. The molecule has 6 heteroatoms. The first-order valence-corrected chi connectivity index (χ1v) is 10.9. The summed E-state index contributed by atoms with van der Waals surface area (Å²) in [5, 5.41) is 1.27. The molecule has 0 spiro atoms. The van der Waals surface area contributed by atoms with Gasteiger partial charge in [0.05, 0.1) is 13.1 Å². The standard InChI is InChI=1S/C22H29Cl2N3O/c1-16(2)12-22(28)27(19-6-4-3-5-7-19)15-21-25-10-11-26(21)14-17-8-9-18(23)13-20(17)24/h8-11,13,16,19H,3-7,12,14-15H2,1-2H3. The average Bonchev–Trinajstić information content (AvgIpc) is 3.09. The first-order valence-electron chi connectivity index (χ1n) is 10.2. The molecule has 1 heterocycles. The predicted octanol–water partition coefficient (Wildman–Crippen LogP) is 5.95. The van der Waals surface area contributed by atoms with E-state index >= 15 is 0 Å². The number of carbonyl (C=O) groups is 1. The number of hydrogen-bond acceptors (Lipinski definition) is 2. The lowest BCUT2D eigenvalue weighted by Crippen LogP contribution is -2.42. The second-order valence-electron chi connectivity index (χ2n) is 8.12. The van der Waals surface area contributed by atoms with Crippen LogP contribution in [0.25, 0.3) is 0 Å². The fourth-order valence-corrected chi connectivity index (χ4v) is 4.37. The van der Waals surface area contributed by atoms with Gasteiger partial charge in [0.2, 0.25) is 5.91 Å². The molecule has 1 saturated carbocycles. The zero-order chi connectivity index (χ0) is 20.1. The Morgan fingerprint density at radius 3 is 2.68 bits per heavy atom. The van der Waals surface area contributed by atoms with E-state index in [0.29, 0.717) is 41.5 Å². The first kappa shape index (κ1) is 21.2. The Bertz CT molecular complexity index is 797. The van der Waals surface area contributed by atoms with Crippen LogP contribution in [0.3, 0.4) is 0 Å². The van der Waals surface area contributed by atoms with Gasteiger partial charge in [-0.25, -0.2) is 4.98 Å². The fourth-order valence-electron chi connectivity index (χ4n) is 3.90. The third kappa shape index (κ3) is 5.51. The van der Waals surface area contributed by atoms with Crippen molar-refractivity contribution in [2.75, 3.05) is 0 Å². The molecule has 0 radical (unpaired) electrons. The number of rotatable bonds is 7. The highest BCUT2D eigenvalue weighted by molar-refractivity contribution is 6.35. The van der Waals surface area contributed by atoms with E-state index < -0.39 is 0 Å². The van der Waals surface area contributed by atoms with Gasteiger partial charge in [-0.2, -0.15) is 0 Å². The van der Waals surface area contributed by atoms with Gasteiger partial charge in [-0.15, -0.1) is 0 Å². The number of carbonyl (C=O) groups excluding carboxylic acids is 1. The van der Waals surface area contributed by atoms with Crippen molar-refractivity contribution in [3.8, 4) is 0 Å². The van der Waals surface area contributed by atoms with E-state index in [0.717, 1.165) is 24.2 Å². The molecule has 1 aliphatic rings. The van der Waals surface area contributed by atoms with E-state index in [2.05, 4.69) is 28.3 Å². The maximum atomic E-state index is 13.0. The predicted molar refractivity (Wildman–Crippen MR) is 115 cm³/mol. The summed E-state index contributed by atoms with van der Waals surface area (Å²) >= 11 is 12.4. The lowest BCUT2D eigenvalue weighted by Gasteiger charge is -2.35. The SMILES string of the molecule is CC(C)CC(=O)N(Cc1nccn1Cc1ccc(Cl)cc1Cl)C1CCCCC1. The normalized spacial score (nSPS) is 15.2. The second-order valence-corrected chi connectivity index (χ2v) is 8.96. The van der Waals surface area contributed by atoms with Crippen LogP contribution in [0.5, 0.6) is 0 Å². The van der Waals surface area contributed by atoms with E-state index in [1.165, 1.54) is 19.3 Å². The summed E-state index contributed by atoms with van der Waals surface area (Å²) in [5.74, 6) is 1.49. The molecule has 2 aromatic rings. The monoisotopic (exact) mass is 421 g/mol. The summed E-state index contributed by atoms with van der Waals surface area (Å²) < 4.78 is 2.08. The van der Waals surface area contributed by atoms with Crippen LogP contribution in [-0.4, -0.2) is 26.4 Å². The summed E-state index contributed by atoms with van der Waals surface area (Å²) in [6.07, 6.45) is 10.2. The van der Waals surface area contributed by atoms with Crippen LogP contribution in [0, 0.1) is 5.92 Å². The number of amides is 1. The minimum absolute atomic E-state index is 0.237. The summed E-state index contributed by atoms with van der Waals surface area (Å²) in [6, 6.07) is 5.87. The van der Waals surface area contributed by atoms with Crippen molar-refractivity contribution < 1.29 is 4.79 Å². The Hall–Kier alpha value is -1.52. The molecule has 4 nitrogen and oxygen atoms in total. The van der Waals surface area contributed by atoms with Gasteiger partial charge in [0.15, 0.2) is 0 Å². The van der Waals surface area contributed by atoms with E-state index in [9.17, 15) is 4.79 Å². The lowest BCUT2D eigenvalue weighted by atomic mass is 9.93. The van der Waals surface area contributed by atoms with E-state index in [1.54, 1.807) is 12.3 Å². The van der Waals surface area contributed by atoms with Gasteiger partial charge >= 0.3 is 0 Å². The quantitative estimate of drug-likeness (QED) is 0.553. The van der Waals surface area contributed by atoms with Crippen LogP contribution in [0.2, 0.25) is 10.0 Å². The minimum Gasteiger partial charge on any atom is -0.332 e. The van der Waals surface area contributed by atoms with Crippen molar-refractivity contribution in [2.24, 2.45) is 5.92 Å². The molecule has 1 aromatic carbocycles. The van der Waals surface area contributed by atoms with Crippen LogP contribution >= 0.6 is 23.2 Å². The molecule has 0 saturated heterocycles. The van der Waals surface area contributed by atoms with Crippen LogP contribution in [0.4, 0.5) is 0 Å². The zero-order valence-corrected chi connectivity index (χ0v) is 18.2. The van der Waals surface area contributed by atoms with Crippen molar-refractivity contribution in [3.63, 3.8) is 0 Å². The molecule has 1 aliphatic carbocycles. The molecule has 1 fully saturated rings. The molecule has 0 N–H and O–H groups in total. The third-order valence-corrected chi connectivity index (χ3v) is 5.97. The van der Waals surface area contributed by atoms with E-state index in [-0.39, 0.29) is 5.91 Å². The Labute approximate surface area is 177 Å². The molecular weight excluding hydrogens is 393 g/mol. The van der Waals surface area contributed by atoms with E-state index in [1.807, 2.05) is 18.3 Å². The average molecular weight is 422 g/mol. The summed E-state index contributed by atoms with van der Waals surface area (Å²) in [5.41, 5.74) is 0.989. The Morgan fingerprint density at radius 2 is 2.00 bits per heavy atom. The summed E-state index contributed by atoms with van der Waals surface area (Å²) in [7, 11) is 0. The van der Waals surface area contributed by atoms with Crippen LogP contribution < -0.4 is 0 Å². The number of benzene rings is 1. The van der Waals surface area contributed by atoms with Gasteiger partial charge in [-0.1, -0.05) is 62.4 Å². The van der Waals surface area contributed by atoms with Gasteiger partial charge in [-0.3, -0.25) is 4.79 Å². The van der Waals surface area contributed by atoms with Crippen LogP contribution in [-0.2, 0) is 17.9 Å². The number of imidazole rings is 1. The first-order chi connectivity index (χ1) is 13.4. The van der Waals surface area contributed by atoms with Crippen molar-refractivity contribution in [2.45, 2.75) is 71.5 Å². The Balaban J connectivity index is 1.79. The van der Waals surface area contributed by atoms with Gasteiger partial charge < -0.3 is 9.47 Å². The number of aromatic nitrogens is 2. The molecule has 0 atom stereocenters. The molecule has 0 unspecified atom stereocenters. The van der Waals surface area contributed by atoms with Crippen molar-refractivity contribution >= 4 is 29.1 Å². The number of halogens is 2. The topological polar surface area (TPSA) is 38.1 Å². The minimum atomic E-state index is 0.237. The highest BCUT2D eigenvalue weighted by Gasteiger charge is 2.27. The zero-order valence-electron chi connectivity index (χ0n) is 16.7. The second kappa shape index (κ2) is 9.80. The molecular formula is C22H29Cl2N3O. The maximum Gasteiger partial charge on any atom is 0.223 e. The Morgan fingerprint density at radius 1 is 1.25 bits per heavy atom. The highest BCUT2D eigenvalue weighted by Crippen LogP contribution is 2.26. The third-order valence-electron chi connectivity index (χ3n) is 5.39. The van der Waals surface area contributed by atoms with Gasteiger partial charge in [-0.05, 0) is 36.5 Å².